The summed E-state index contributed by atoms with van der Waals surface area (Å²) in [4.78, 5) is 25.6. The number of phenolic OH excluding ortho intramolecular Hbond substituents is 1. The van der Waals surface area contributed by atoms with Crippen molar-refractivity contribution in [3.8, 4) is 17.0 Å². The van der Waals surface area contributed by atoms with E-state index in [0.29, 0.717) is 22.5 Å². The van der Waals surface area contributed by atoms with Gasteiger partial charge in [-0.15, -0.1) is 0 Å². The molecule has 5 rings (SSSR count). The standard InChI is InChI=1S/C28H25FN4O3/c1-17-2-6-20(7-3-17)27(35)31-22-12-13-26(34)23(14-22)24-15-25(19-8-9-19)33(32-24)28(36)30-16-18-4-10-21(29)11-5-18/h2-7,10-15,19,34H,8-9,16H2,1H3,(H,30,36)(H,31,35). The zero-order valence-corrected chi connectivity index (χ0v) is 19.7. The first-order valence-electron chi connectivity index (χ1n) is 11.7. The lowest BCUT2D eigenvalue weighted by atomic mass is 10.1. The van der Waals surface area contributed by atoms with Gasteiger partial charge < -0.3 is 15.7 Å². The summed E-state index contributed by atoms with van der Waals surface area (Å²) in [6, 6.07) is 19.3. The number of benzene rings is 3. The van der Waals surface area contributed by atoms with Gasteiger partial charge in [-0.2, -0.15) is 9.78 Å². The Labute approximate surface area is 207 Å². The molecule has 0 radical (unpaired) electrons. The molecule has 1 fully saturated rings. The van der Waals surface area contributed by atoms with E-state index in [-0.39, 0.29) is 29.9 Å². The Hall–Kier alpha value is -4.46. The van der Waals surface area contributed by atoms with Crippen molar-refractivity contribution in [1.29, 1.82) is 0 Å². The van der Waals surface area contributed by atoms with Crippen LogP contribution in [0.25, 0.3) is 11.3 Å². The molecular formula is C28H25FN4O3. The summed E-state index contributed by atoms with van der Waals surface area (Å²) in [6.45, 7) is 2.18. The van der Waals surface area contributed by atoms with Crippen molar-refractivity contribution in [2.45, 2.75) is 32.2 Å². The number of amides is 2. The van der Waals surface area contributed by atoms with E-state index in [9.17, 15) is 19.1 Å². The molecule has 1 saturated carbocycles. The summed E-state index contributed by atoms with van der Waals surface area (Å²) in [7, 11) is 0. The highest BCUT2D eigenvalue weighted by atomic mass is 19.1. The average molecular weight is 485 g/mol. The lowest BCUT2D eigenvalue weighted by Gasteiger charge is -2.09. The molecule has 1 aromatic heterocycles. The number of aromatic nitrogens is 2. The number of carbonyl (C=O) groups is 2. The second-order valence-electron chi connectivity index (χ2n) is 8.98. The SMILES string of the molecule is Cc1ccc(C(=O)Nc2ccc(O)c(-c3cc(C4CC4)n(C(=O)NCc4ccc(F)cc4)n3)c2)cc1. The van der Waals surface area contributed by atoms with Gasteiger partial charge in [-0.25, -0.2) is 9.18 Å². The molecule has 1 heterocycles. The van der Waals surface area contributed by atoms with Gasteiger partial charge in [0.25, 0.3) is 5.91 Å². The van der Waals surface area contributed by atoms with Crippen LogP contribution in [-0.4, -0.2) is 26.8 Å². The first kappa shape index (κ1) is 23.3. The molecule has 0 bridgehead atoms. The molecule has 182 valence electrons. The summed E-state index contributed by atoms with van der Waals surface area (Å²) < 4.78 is 14.5. The van der Waals surface area contributed by atoms with Gasteiger partial charge in [-0.1, -0.05) is 29.8 Å². The highest BCUT2D eigenvalue weighted by Crippen LogP contribution is 2.42. The molecule has 1 aliphatic carbocycles. The first-order chi connectivity index (χ1) is 17.4. The van der Waals surface area contributed by atoms with E-state index >= 15 is 0 Å². The summed E-state index contributed by atoms with van der Waals surface area (Å²) in [5.74, 6) is -0.401. The predicted octanol–water partition coefficient (Wildman–Crippen LogP) is 5.59. The molecular weight excluding hydrogens is 459 g/mol. The second-order valence-corrected chi connectivity index (χ2v) is 8.98. The topological polar surface area (TPSA) is 96.2 Å². The largest absolute Gasteiger partial charge is 0.507 e. The van der Waals surface area contributed by atoms with Gasteiger partial charge in [0.1, 0.15) is 11.6 Å². The average Bonchev–Trinajstić information content (AvgIpc) is 3.63. The zero-order valence-electron chi connectivity index (χ0n) is 19.7. The minimum Gasteiger partial charge on any atom is -0.507 e. The van der Waals surface area contributed by atoms with E-state index < -0.39 is 6.03 Å². The highest BCUT2D eigenvalue weighted by Gasteiger charge is 2.30. The van der Waals surface area contributed by atoms with E-state index in [4.69, 9.17) is 0 Å². The fraction of sp³-hybridized carbons (Fsp3) is 0.179. The Bertz CT molecular complexity index is 1420. The molecule has 3 N–H and O–H groups in total. The minimum absolute atomic E-state index is 0.0120. The lowest BCUT2D eigenvalue weighted by molar-refractivity contribution is 0.102. The van der Waals surface area contributed by atoms with Crippen LogP contribution in [-0.2, 0) is 6.54 Å². The van der Waals surface area contributed by atoms with Gasteiger partial charge in [0.15, 0.2) is 0 Å². The Morgan fingerprint density at radius 1 is 1.03 bits per heavy atom. The smallest absolute Gasteiger partial charge is 0.342 e. The Balaban J connectivity index is 1.37. The predicted molar refractivity (Wildman–Crippen MR) is 134 cm³/mol. The third-order valence-electron chi connectivity index (χ3n) is 6.13. The maximum absolute atomic E-state index is 13.1. The van der Waals surface area contributed by atoms with Crippen molar-refractivity contribution in [1.82, 2.24) is 15.1 Å². The van der Waals surface area contributed by atoms with Crippen molar-refractivity contribution < 1.29 is 19.1 Å². The maximum atomic E-state index is 13.1. The summed E-state index contributed by atoms with van der Waals surface area (Å²) >= 11 is 0. The van der Waals surface area contributed by atoms with Crippen LogP contribution >= 0.6 is 0 Å². The quantitative estimate of drug-likeness (QED) is 0.311. The summed E-state index contributed by atoms with van der Waals surface area (Å²) in [5.41, 5.74) is 4.43. The molecule has 0 saturated heterocycles. The molecule has 0 atom stereocenters. The molecule has 0 aliphatic heterocycles. The summed E-state index contributed by atoms with van der Waals surface area (Å²) in [6.07, 6.45) is 1.91. The molecule has 2 amide bonds. The number of aryl methyl sites for hydroxylation is 1. The van der Waals surface area contributed by atoms with Crippen LogP contribution in [0.3, 0.4) is 0 Å². The van der Waals surface area contributed by atoms with Gasteiger partial charge >= 0.3 is 6.03 Å². The minimum atomic E-state index is -0.407. The van der Waals surface area contributed by atoms with Crippen molar-refractivity contribution in [2.75, 3.05) is 5.32 Å². The van der Waals surface area contributed by atoms with Crippen LogP contribution in [0.15, 0.2) is 72.8 Å². The van der Waals surface area contributed by atoms with Crippen LogP contribution in [0.1, 0.15) is 45.9 Å². The van der Waals surface area contributed by atoms with Crippen LogP contribution in [0.4, 0.5) is 14.9 Å². The van der Waals surface area contributed by atoms with Crippen molar-refractivity contribution in [2.24, 2.45) is 0 Å². The van der Waals surface area contributed by atoms with E-state index in [1.54, 1.807) is 42.5 Å². The van der Waals surface area contributed by atoms with E-state index in [2.05, 4.69) is 15.7 Å². The van der Waals surface area contributed by atoms with Crippen LogP contribution in [0.2, 0.25) is 0 Å². The maximum Gasteiger partial charge on any atom is 0.342 e. The van der Waals surface area contributed by atoms with Crippen molar-refractivity contribution >= 4 is 17.6 Å². The molecule has 36 heavy (non-hydrogen) atoms. The van der Waals surface area contributed by atoms with Gasteiger partial charge in [0.05, 0.1) is 11.4 Å². The van der Waals surface area contributed by atoms with Gasteiger partial charge in [0.2, 0.25) is 0 Å². The summed E-state index contributed by atoms with van der Waals surface area (Å²) in [5, 5.41) is 20.7. The number of aromatic hydroxyl groups is 1. The molecule has 1 aliphatic rings. The Kier molecular flexibility index (Phi) is 6.25. The number of hydrogen-bond donors (Lipinski definition) is 3. The number of anilines is 1. The molecule has 3 aromatic carbocycles. The fourth-order valence-corrected chi connectivity index (χ4v) is 3.94. The number of hydrogen-bond acceptors (Lipinski definition) is 4. The fourth-order valence-electron chi connectivity index (χ4n) is 3.94. The lowest BCUT2D eigenvalue weighted by Crippen LogP contribution is -2.30. The second kappa shape index (κ2) is 9.65. The normalized spacial score (nSPS) is 12.8. The van der Waals surface area contributed by atoms with Crippen molar-refractivity contribution in [3.63, 3.8) is 0 Å². The third kappa shape index (κ3) is 5.12. The third-order valence-corrected chi connectivity index (χ3v) is 6.13. The molecule has 0 unspecified atom stereocenters. The van der Waals surface area contributed by atoms with Crippen molar-refractivity contribution in [3.05, 3.63) is 101 Å². The highest BCUT2D eigenvalue weighted by molar-refractivity contribution is 6.04. The number of phenols is 1. The number of halogens is 1. The Morgan fingerprint density at radius 2 is 1.75 bits per heavy atom. The molecule has 0 spiro atoms. The van der Waals surface area contributed by atoms with Gasteiger partial charge in [-0.3, -0.25) is 4.79 Å². The van der Waals surface area contributed by atoms with Crippen LogP contribution in [0.5, 0.6) is 5.75 Å². The molecule has 4 aromatic rings. The molecule has 7 nitrogen and oxygen atoms in total. The zero-order chi connectivity index (χ0) is 25.2. The monoisotopic (exact) mass is 484 g/mol. The Morgan fingerprint density at radius 3 is 2.44 bits per heavy atom. The van der Waals surface area contributed by atoms with Crippen LogP contribution < -0.4 is 10.6 Å². The molecule has 8 heteroatoms. The van der Waals surface area contributed by atoms with Gasteiger partial charge in [-0.05, 0) is 73.9 Å². The van der Waals surface area contributed by atoms with Gasteiger partial charge in [0, 0.05) is 29.3 Å². The van der Waals surface area contributed by atoms with E-state index in [1.165, 1.54) is 22.9 Å². The number of nitrogens with one attached hydrogen (secondary N) is 2. The number of nitrogens with zero attached hydrogens (tertiary/aromatic N) is 2. The number of rotatable bonds is 6. The first-order valence-corrected chi connectivity index (χ1v) is 11.7. The van der Waals surface area contributed by atoms with E-state index in [0.717, 1.165) is 29.7 Å². The van der Waals surface area contributed by atoms with E-state index in [1.807, 2.05) is 19.1 Å². The number of carbonyl (C=O) groups excluding carboxylic acids is 2. The van der Waals surface area contributed by atoms with Crippen LogP contribution in [0, 0.1) is 12.7 Å².